The predicted octanol–water partition coefficient (Wildman–Crippen LogP) is 10.1. The third-order valence-corrected chi connectivity index (χ3v) is 12.6. The summed E-state index contributed by atoms with van der Waals surface area (Å²) in [6.45, 7) is 14.0. The van der Waals surface area contributed by atoms with Gasteiger partial charge in [0.15, 0.2) is 0 Å². The molecule has 2 aromatic heterocycles. The van der Waals surface area contributed by atoms with Gasteiger partial charge in [0.25, 0.3) is 0 Å². The fourth-order valence-electron chi connectivity index (χ4n) is 8.69. The number of carbonyl (C=O) groups excluding carboxylic acids is 2. The number of benzene rings is 4. The van der Waals surface area contributed by atoms with Gasteiger partial charge in [-0.25, -0.2) is 9.97 Å². The SMILES string of the molecule is C.C=CC(=O)Nc1cccc(Nc2nc(Cl)ncc2C(F)(F)F)c1.C=CC(=O)Nc1cccc(Nc2nc(Nc3ccc4c(c3)OCC3CN(C)CCN43)ncc2C(F)(F)F)c1.CN1CCN2c3ccc(N)cc3OCC2C1. The van der Waals surface area contributed by atoms with Crippen molar-refractivity contribution in [3.63, 3.8) is 0 Å². The van der Waals surface area contributed by atoms with Crippen molar-refractivity contribution in [3.05, 3.63) is 139 Å². The zero-order chi connectivity index (χ0) is 55.0. The smallest absolute Gasteiger partial charge is 0.421 e. The highest BCUT2D eigenvalue weighted by molar-refractivity contribution is 6.28. The van der Waals surface area contributed by atoms with Gasteiger partial charge in [0.1, 0.15) is 47.5 Å². The minimum absolute atomic E-state index is 0. The molecular formula is C53H57ClF6N14O4. The number of carbonyl (C=O) groups is 2. The van der Waals surface area contributed by atoms with Crippen molar-refractivity contribution in [3.8, 4) is 11.5 Å². The number of hydrogen-bond donors (Lipinski definition) is 6. The third-order valence-electron chi connectivity index (χ3n) is 12.4. The van der Waals surface area contributed by atoms with E-state index in [9.17, 15) is 35.9 Å². The number of fused-ring (bicyclic) bond motifs is 6. The minimum Gasteiger partial charge on any atom is -0.489 e. The van der Waals surface area contributed by atoms with Gasteiger partial charge in [-0.05, 0) is 98.5 Å². The van der Waals surface area contributed by atoms with E-state index in [-0.39, 0.29) is 30.4 Å². The Morgan fingerprint density at radius 3 is 1.62 bits per heavy atom. The number of nitrogen functional groups attached to an aromatic ring is 1. The summed E-state index contributed by atoms with van der Waals surface area (Å²) in [4.78, 5) is 47.1. The highest BCUT2D eigenvalue weighted by Gasteiger charge is 2.37. The van der Waals surface area contributed by atoms with E-state index in [0.717, 1.165) is 81.3 Å². The zero-order valence-corrected chi connectivity index (χ0v) is 42.3. The lowest BCUT2D eigenvalue weighted by atomic mass is 10.1. The molecule has 10 rings (SSSR count). The van der Waals surface area contributed by atoms with Crippen molar-refractivity contribution in [1.29, 1.82) is 0 Å². The molecule has 2 saturated heterocycles. The maximum absolute atomic E-state index is 13.7. The summed E-state index contributed by atoms with van der Waals surface area (Å²) < 4.78 is 91.8. The molecule has 7 N–H and O–H groups in total. The van der Waals surface area contributed by atoms with Crippen LogP contribution in [0.4, 0.5) is 89.4 Å². The van der Waals surface area contributed by atoms with E-state index in [1.165, 1.54) is 23.9 Å². The average molecular weight is 1100 g/mol. The molecule has 412 valence electrons. The zero-order valence-electron chi connectivity index (χ0n) is 41.6. The number of likely N-dealkylation sites (N-methyl/N-ethyl adjacent to an activating group) is 2. The van der Waals surface area contributed by atoms with Gasteiger partial charge in [-0.2, -0.15) is 36.3 Å². The number of amides is 2. The molecule has 6 aromatic rings. The lowest BCUT2D eigenvalue weighted by Crippen LogP contribution is -2.56. The fourth-order valence-corrected chi connectivity index (χ4v) is 8.82. The van der Waals surface area contributed by atoms with Gasteiger partial charge in [-0.15, -0.1) is 0 Å². The minimum atomic E-state index is -4.69. The highest BCUT2D eigenvalue weighted by Crippen LogP contribution is 2.41. The predicted molar refractivity (Wildman–Crippen MR) is 292 cm³/mol. The van der Waals surface area contributed by atoms with Gasteiger partial charge in [-0.3, -0.25) is 9.59 Å². The summed E-state index contributed by atoms with van der Waals surface area (Å²) in [5.74, 6) is -0.196. The van der Waals surface area contributed by atoms with Crippen LogP contribution in [0.2, 0.25) is 5.28 Å². The summed E-state index contributed by atoms with van der Waals surface area (Å²) in [5, 5.41) is 12.9. The Kier molecular flexibility index (Phi) is 18.2. The topological polar surface area (TPSA) is 203 Å². The van der Waals surface area contributed by atoms with E-state index in [4.69, 9.17) is 26.8 Å². The lowest BCUT2D eigenvalue weighted by molar-refractivity contribution is -0.138. The van der Waals surface area contributed by atoms with Gasteiger partial charge < -0.3 is 61.4 Å². The molecular weight excluding hydrogens is 1050 g/mol. The summed E-state index contributed by atoms with van der Waals surface area (Å²) >= 11 is 5.55. The number of alkyl halides is 6. The van der Waals surface area contributed by atoms with Gasteiger partial charge in [0, 0.05) is 97.9 Å². The second kappa shape index (κ2) is 24.8. The number of nitrogens with two attached hydrogens (primary N) is 1. The molecule has 6 heterocycles. The molecule has 2 amide bonds. The van der Waals surface area contributed by atoms with Gasteiger partial charge in [0.2, 0.25) is 23.0 Å². The van der Waals surface area contributed by atoms with Crippen LogP contribution in [0.15, 0.2) is 123 Å². The number of ether oxygens (including phenoxy) is 2. The first-order valence-corrected chi connectivity index (χ1v) is 24.2. The normalized spacial score (nSPS) is 16.6. The Bertz CT molecular complexity index is 3130. The Balaban J connectivity index is 0.000000187. The number of halogens is 7. The molecule has 4 aliphatic heterocycles. The highest BCUT2D eigenvalue weighted by atomic mass is 35.5. The molecule has 18 nitrogen and oxygen atoms in total. The van der Waals surface area contributed by atoms with Gasteiger partial charge in [-0.1, -0.05) is 32.7 Å². The molecule has 0 radical (unpaired) electrons. The summed E-state index contributed by atoms with van der Waals surface area (Å²) in [5.41, 5.74) is 8.56. The number of nitrogens with zero attached hydrogens (tertiary/aromatic N) is 8. The first kappa shape index (κ1) is 57.4. The van der Waals surface area contributed by atoms with Crippen molar-refractivity contribution in [2.24, 2.45) is 0 Å². The van der Waals surface area contributed by atoms with Crippen molar-refractivity contribution < 1.29 is 45.4 Å². The van der Waals surface area contributed by atoms with Crippen LogP contribution in [0.3, 0.4) is 0 Å². The first-order chi connectivity index (χ1) is 36.7. The lowest BCUT2D eigenvalue weighted by Gasteiger charge is -2.44. The van der Waals surface area contributed by atoms with E-state index in [1.807, 2.05) is 24.3 Å². The summed E-state index contributed by atoms with van der Waals surface area (Å²) in [6.07, 6.45) is -5.83. The second-order valence-corrected chi connectivity index (χ2v) is 18.4. The van der Waals surface area contributed by atoms with E-state index in [2.05, 4.69) is 99.4 Å². The first-order valence-electron chi connectivity index (χ1n) is 23.8. The maximum atomic E-state index is 13.7. The number of piperazine rings is 2. The van der Waals surface area contributed by atoms with Crippen LogP contribution in [0, 0.1) is 0 Å². The second-order valence-electron chi connectivity index (χ2n) is 18.0. The van der Waals surface area contributed by atoms with E-state index >= 15 is 0 Å². The van der Waals surface area contributed by atoms with Crippen LogP contribution in [0.1, 0.15) is 18.6 Å². The number of aromatic nitrogens is 4. The van der Waals surface area contributed by atoms with Crippen LogP contribution in [0.5, 0.6) is 11.5 Å². The van der Waals surface area contributed by atoms with Crippen LogP contribution < -0.4 is 51.6 Å². The van der Waals surface area contributed by atoms with Gasteiger partial charge in [0.05, 0.1) is 23.5 Å². The largest absolute Gasteiger partial charge is 0.489 e. The van der Waals surface area contributed by atoms with Crippen LogP contribution in [0.25, 0.3) is 0 Å². The maximum Gasteiger partial charge on any atom is 0.421 e. The van der Waals surface area contributed by atoms with Crippen molar-refractivity contribution in [1.82, 2.24) is 29.7 Å². The van der Waals surface area contributed by atoms with Crippen LogP contribution >= 0.6 is 11.6 Å². The van der Waals surface area contributed by atoms with E-state index in [0.29, 0.717) is 47.3 Å². The molecule has 2 unspecified atom stereocenters. The number of hydrogen-bond acceptors (Lipinski definition) is 16. The fraction of sp³-hybridized carbons (Fsp3) is 0.283. The van der Waals surface area contributed by atoms with Crippen molar-refractivity contribution in [2.75, 3.05) is 109 Å². The number of anilines is 11. The molecule has 0 bridgehead atoms. The molecule has 0 aliphatic carbocycles. The monoisotopic (exact) mass is 1100 g/mol. The number of rotatable bonds is 10. The molecule has 78 heavy (non-hydrogen) atoms. The van der Waals surface area contributed by atoms with E-state index in [1.54, 1.807) is 36.4 Å². The number of nitrogens with one attached hydrogen (secondary N) is 5. The van der Waals surface area contributed by atoms with Crippen molar-refractivity contribution >= 4 is 86.5 Å². The Morgan fingerprint density at radius 2 is 1.10 bits per heavy atom. The molecule has 0 spiro atoms. The van der Waals surface area contributed by atoms with Crippen LogP contribution in [-0.2, 0) is 21.9 Å². The summed E-state index contributed by atoms with van der Waals surface area (Å²) in [6, 6.07) is 24.6. The van der Waals surface area contributed by atoms with Crippen LogP contribution in [-0.4, -0.2) is 120 Å². The molecule has 4 aromatic carbocycles. The molecule has 2 atom stereocenters. The third kappa shape index (κ3) is 14.6. The molecule has 25 heteroatoms. The molecule has 0 saturated carbocycles. The van der Waals surface area contributed by atoms with Gasteiger partial charge >= 0.3 is 12.4 Å². The average Bonchev–Trinajstić information content (AvgIpc) is 3.50. The molecule has 4 aliphatic rings. The standard InChI is InChI=1S/C26H26F3N7O2.C14H10ClF3N4O.C12H17N3O.CH4/c1-3-23(37)31-16-5-4-6-17(11-16)32-24-20(26(27,28)29)13-30-25(34-24)33-18-7-8-21-22(12-18)38-15-19-14-35(2)9-10-36(19)21;1-2-11(23)20-8-4-3-5-9(6-8)21-12-10(14(16,17)18)7-19-13(15)22-12;1-14-4-5-15-10(7-14)8-16-12-6-9(13)2-3-11(12)15;/h3-8,11-13,19H,1,9-10,14-15H2,2H3,(H,31,37)(H2,30,32,33,34);2-7H,1H2,(H,20,23)(H,19,21,22);2-3,6,10H,4-5,7-8,13H2,1H3;1H4. The van der Waals surface area contributed by atoms with E-state index < -0.39 is 46.9 Å². The Labute approximate surface area is 451 Å². The Morgan fingerprint density at radius 1 is 0.641 bits per heavy atom. The Hall–Kier alpha value is -8.35. The quantitative estimate of drug-likeness (QED) is 0.0327. The van der Waals surface area contributed by atoms with Crippen molar-refractivity contribution in [2.45, 2.75) is 31.9 Å². The summed E-state index contributed by atoms with van der Waals surface area (Å²) in [7, 11) is 4.25. The molecule has 2 fully saturated rings.